The average molecular weight is 145 g/mol. The molecule has 0 aliphatic heterocycles. The zero-order valence-corrected chi connectivity index (χ0v) is 6.41. The number of nitriles is 1. The average Bonchev–Trinajstić information content (AvgIpc) is 2.33. The highest BCUT2D eigenvalue weighted by molar-refractivity contribution is 6.08. The SMILES string of the molecule is [B]Cc1cc(CC#N)n(C)n1. The number of hydrogen-bond acceptors (Lipinski definition) is 2. The molecule has 1 aromatic rings. The summed E-state index contributed by atoms with van der Waals surface area (Å²) < 4.78 is 1.69. The van der Waals surface area contributed by atoms with E-state index in [0.29, 0.717) is 12.7 Å². The smallest absolute Gasteiger partial charge is 0.0771 e. The van der Waals surface area contributed by atoms with Crippen molar-refractivity contribution in [1.29, 1.82) is 5.26 Å². The van der Waals surface area contributed by atoms with Gasteiger partial charge in [0.2, 0.25) is 0 Å². The normalized spacial score (nSPS) is 9.45. The molecule has 0 unspecified atom stereocenters. The number of nitrogens with zero attached hydrogens (tertiary/aromatic N) is 3. The second-order valence-electron chi connectivity index (χ2n) is 2.29. The van der Waals surface area contributed by atoms with Gasteiger partial charge in [-0.05, 0) is 12.4 Å². The Morgan fingerprint density at radius 1 is 1.82 bits per heavy atom. The van der Waals surface area contributed by atoms with Crippen LogP contribution in [0.1, 0.15) is 11.4 Å². The molecule has 54 valence electrons. The summed E-state index contributed by atoms with van der Waals surface area (Å²) in [4.78, 5) is 0. The van der Waals surface area contributed by atoms with Gasteiger partial charge in [-0.2, -0.15) is 10.4 Å². The second-order valence-corrected chi connectivity index (χ2v) is 2.29. The summed E-state index contributed by atoms with van der Waals surface area (Å²) in [6.45, 7) is 0. The molecule has 1 aromatic heterocycles. The molecule has 1 rings (SSSR count). The molecule has 0 amide bonds. The van der Waals surface area contributed by atoms with E-state index < -0.39 is 0 Å². The lowest BCUT2D eigenvalue weighted by Gasteiger charge is -1.91. The lowest BCUT2D eigenvalue weighted by molar-refractivity contribution is 0.719. The first-order valence-electron chi connectivity index (χ1n) is 3.36. The third kappa shape index (κ3) is 1.61. The van der Waals surface area contributed by atoms with Crippen LogP contribution in [0.3, 0.4) is 0 Å². The zero-order valence-electron chi connectivity index (χ0n) is 6.41. The monoisotopic (exact) mass is 145 g/mol. The van der Waals surface area contributed by atoms with Crippen molar-refractivity contribution < 1.29 is 0 Å². The van der Waals surface area contributed by atoms with Crippen molar-refractivity contribution in [2.75, 3.05) is 0 Å². The van der Waals surface area contributed by atoms with Gasteiger partial charge in [-0.1, -0.05) is 0 Å². The number of rotatable bonds is 2. The standard InChI is InChI=1S/C7H8BN3/c1-11-7(2-3-9)4-6(5-8)10-11/h4H,2,5H2,1H3. The molecule has 0 saturated heterocycles. The molecule has 0 bridgehead atoms. The molecule has 0 atom stereocenters. The van der Waals surface area contributed by atoms with Gasteiger partial charge in [0.05, 0.1) is 31.7 Å². The van der Waals surface area contributed by atoms with Crippen LogP contribution in [-0.2, 0) is 19.8 Å². The highest BCUT2D eigenvalue weighted by atomic mass is 15.3. The van der Waals surface area contributed by atoms with Crippen molar-refractivity contribution in [3.63, 3.8) is 0 Å². The Bertz CT molecular complexity index is 284. The molecular formula is C7H8BN3. The Morgan fingerprint density at radius 3 is 3.00 bits per heavy atom. The van der Waals surface area contributed by atoms with Crippen LogP contribution in [0, 0.1) is 11.3 Å². The van der Waals surface area contributed by atoms with Crippen molar-refractivity contribution in [3.05, 3.63) is 17.5 Å². The van der Waals surface area contributed by atoms with Crippen molar-refractivity contribution >= 4 is 7.85 Å². The molecule has 3 nitrogen and oxygen atoms in total. The summed E-state index contributed by atoms with van der Waals surface area (Å²) in [5, 5.41) is 12.5. The quantitative estimate of drug-likeness (QED) is 0.556. The highest BCUT2D eigenvalue weighted by Gasteiger charge is 2.01. The fraction of sp³-hybridized carbons (Fsp3) is 0.429. The Kier molecular flexibility index (Phi) is 2.32. The van der Waals surface area contributed by atoms with Gasteiger partial charge in [0, 0.05) is 7.05 Å². The minimum absolute atomic E-state index is 0.392. The van der Waals surface area contributed by atoms with Crippen LogP contribution < -0.4 is 0 Å². The molecule has 0 fully saturated rings. The van der Waals surface area contributed by atoms with Crippen LogP contribution >= 0.6 is 0 Å². The third-order valence-corrected chi connectivity index (χ3v) is 1.50. The molecule has 0 aliphatic rings. The van der Waals surface area contributed by atoms with Gasteiger partial charge in [0.25, 0.3) is 0 Å². The van der Waals surface area contributed by atoms with Crippen molar-refractivity contribution in [3.8, 4) is 6.07 Å². The van der Waals surface area contributed by atoms with Crippen LogP contribution in [0.15, 0.2) is 6.07 Å². The van der Waals surface area contributed by atoms with Crippen LogP contribution in [0.2, 0.25) is 0 Å². The largest absolute Gasteiger partial charge is 0.271 e. The molecule has 11 heavy (non-hydrogen) atoms. The predicted molar refractivity (Wildman–Crippen MR) is 42.0 cm³/mol. The lowest BCUT2D eigenvalue weighted by Crippen LogP contribution is -1.96. The first-order chi connectivity index (χ1) is 5.27. The molecule has 0 aromatic carbocycles. The molecule has 4 heteroatoms. The van der Waals surface area contributed by atoms with Gasteiger partial charge in [-0.15, -0.1) is 0 Å². The van der Waals surface area contributed by atoms with Gasteiger partial charge in [0.1, 0.15) is 0 Å². The van der Waals surface area contributed by atoms with Crippen molar-refractivity contribution in [1.82, 2.24) is 9.78 Å². The maximum Gasteiger partial charge on any atom is 0.0771 e. The minimum atomic E-state index is 0.392. The number of hydrogen-bond donors (Lipinski definition) is 0. The van der Waals surface area contributed by atoms with Crippen molar-refractivity contribution in [2.45, 2.75) is 12.7 Å². The molecule has 0 N–H and O–H groups in total. The van der Waals surface area contributed by atoms with Gasteiger partial charge < -0.3 is 0 Å². The summed E-state index contributed by atoms with van der Waals surface area (Å²) in [7, 11) is 7.18. The maximum absolute atomic E-state index is 8.40. The van der Waals surface area contributed by atoms with Crippen LogP contribution in [0.25, 0.3) is 0 Å². The zero-order chi connectivity index (χ0) is 8.27. The van der Waals surface area contributed by atoms with E-state index in [4.69, 9.17) is 13.1 Å². The summed E-state index contributed by atoms with van der Waals surface area (Å²) in [5.74, 6) is 0. The Hall–Kier alpha value is -1.24. The lowest BCUT2D eigenvalue weighted by atomic mass is 10.0. The van der Waals surface area contributed by atoms with Gasteiger partial charge >= 0.3 is 0 Å². The van der Waals surface area contributed by atoms with Gasteiger partial charge in [-0.25, -0.2) is 0 Å². The third-order valence-electron chi connectivity index (χ3n) is 1.50. The number of aryl methyl sites for hydroxylation is 1. The molecule has 0 spiro atoms. The van der Waals surface area contributed by atoms with E-state index in [1.165, 1.54) is 0 Å². The Labute approximate surface area is 67.0 Å². The van der Waals surface area contributed by atoms with Crippen LogP contribution in [0.5, 0.6) is 0 Å². The van der Waals surface area contributed by atoms with E-state index in [2.05, 4.69) is 11.2 Å². The molecule has 1 heterocycles. The van der Waals surface area contributed by atoms with E-state index in [9.17, 15) is 0 Å². The summed E-state index contributed by atoms with van der Waals surface area (Å²) >= 11 is 0. The van der Waals surface area contributed by atoms with E-state index in [-0.39, 0.29) is 0 Å². The van der Waals surface area contributed by atoms with Crippen LogP contribution in [-0.4, -0.2) is 17.6 Å². The molecule has 0 aliphatic carbocycles. The van der Waals surface area contributed by atoms with E-state index in [0.717, 1.165) is 11.4 Å². The Balaban J connectivity index is 2.90. The summed E-state index contributed by atoms with van der Waals surface area (Å²) in [6.07, 6.45) is 0.822. The molecular weight excluding hydrogens is 137 g/mol. The summed E-state index contributed by atoms with van der Waals surface area (Å²) in [5.41, 5.74) is 1.74. The van der Waals surface area contributed by atoms with E-state index in [1.54, 1.807) is 4.68 Å². The van der Waals surface area contributed by atoms with Crippen molar-refractivity contribution in [2.24, 2.45) is 7.05 Å². The van der Waals surface area contributed by atoms with Gasteiger partial charge in [0.15, 0.2) is 0 Å². The minimum Gasteiger partial charge on any atom is -0.271 e. The molecule has 2 radical (unpaired) electrons. The van der Waals surface area contributed by atoms with Gasteiger partial charge in [-0.3, -0.25) is 4.68 Å². The molecule has 0 saturated carbocycles. The number of aromatic nitrogens is 2. The fourth-order valence-electron chi connectivity index (χ4n) is 0.918. The summed E-state index contributed by atoms with van der Waals surface area (Å²) in [6, 6.07) is 3.91. The van der Waals surface area contributed by atoms with Crippen LogP contribution in [0.4, 0.5) is 0 Å². The van der Waals surface area contributed by atoms with E-state index >= 15 is 0 Å². The maximum atomic E-state index is 8.40. The Morgan fingerprint density at radius 2 is 2.55 bits per heavy atom. The van der Waals surface area contributed by atoms with E-state index in [1.807, 2.05) is 13.1 Å². The highest BCUT2D eigenvalue weighted by Crippen LogP contribution is 2.02. The predicted octanol–water partition coefficient (Wildman–Crippen LogP) is 0.155. The first-order valence-corrected chi connectivity index (χ1v) is 3.36. The topological polar surface area (TPSA) is 41.6 Å². The fourth-order valence-corrected chi connectivity index (χ4v) is 0.918. The second kappa shape index (κ2) is 3.24. The first kappa shape index (κ1) is 7.87.